The van der Waals surface area contributed by atoms with Crippen molar-refractivity contribution in [3.63, 3.8) is 0 Å². The summed E-state index contributed by atoms with van der Waals surface area (Å²) in [6.45, 7) is 7.88. The van der Waals surface area contributed by atoms with Crippen molar-refractivity contribution in [2.75, 3.05) is 38.1 Å². The van der Waals surface area contributed by atoms with E-state index >= 15 is 0 Å². The summed E-state index contributed by atoms with van der Waals surface area (Å²) in [7, 11) is 1.97. The third kappa shape index (κ3) is 3.61. The number of nitrogens with zero attached hydrogens (tertiary/aromatic N) is 4. The second kappa shape index (κ2) is 6.72. The average Bonchev–Trinajstić information content (AvgIpc) is 2.76. The first-order valence-corrected chi connectivity index (χ1v) is 7.80. The van der Waals surface area contributed by atoms with Crippen molar-refractivity contribution in [1.29, 1.82) is 5.26 Å². The molecule has 1 aromatic rings. The van der Waals surface area contributed by atoms with Gasteiger partial charge in [-0.05, 0) is 25.4 Å². The van der Waals surface area contributed by atoms with Gasteiger partial charge < -0.3 is 9.64 Å². The van der Waals surface area contributed by atoms with Crippen molar-refractivity contribution >= 4 is 28.1 Å². The molecule has 7 heteroatoms. The highest BCUT2D eigenvalue weighted by Crippen LogP contribution is 2.30. The molecular formula is C13H19ClN4OS. The molecular weight excluding hydrogens is 296 g/mol. The Hall–Kier alpha value is -0.870. The summed E-state index contributed by atoms with van der Waals surface area (Å²) < 4.78 is 9.76. The highest BCUT2D eigenvalue weighted by Gasteiger charge is 2.22. The Morgan fingerprint density at radius 2 is 2.15 bits per heavy atom. The van der Waals surface area contributed by atoms with Crippen LogP contribution in [0.2, 0.25) is 5.15 Å². The average molecular weight is 315 g/mol. The van der Waals surface area contributed by atoms with Gasteiger partial charge in [0.15, 0.2) is 5.15 Å². The van der Waals surface area contributed by atoms with Crippen LogP contribution in [0.25, 0.3) is 0 Å². The molecule has 1 aromatic heterocycles. The zero-order valence-corrected chi connectivity index (χ0v) is 13.5. The molecule has 1 aliphatic rings. The van der Waals surface area contributed by atoms with Gasteiger partial charge in [0.05, 0.1) is 12.2 Å². The van der Waals surface area contributed by atoms with Gasteiger partial charge in [0, 0.05) is 33.2 Å². The van der Waals surface area contributed by atoms with Crippen LogP contribution in [-0.4, -0.2) is 54.7 Å². The van der Waals surface area contributed by atoms with E-state index in [0.717, 1.165) is 31.2 Å². The fourth-order valence-electron chi connectivity index (χ4n) is 2.48. The molecule has 2 rings (SSSR count). The summed E-state index contributed by atoms with van der Waals surface area (Å²) in [5.41, 5.74) is 0.475. The van der Waals surface area contributed by atoms with Gasteiger partial charge in [-0.15, -0.1) is 0 Å². The van der Waals surface area contributed by atoms with Crippen molar-refractivity contribution in [3.8, 4) is 6.07 Å². The van der Waals surface area contributed by atoms with Crippen LogP contribution in [0.15, 0.2) is 0 Å². The molecule has 1 aliphatic heterocycles. The number of morpholine rings is 1. The molecule has 0 spiro atoms. The minimum atomic E-state index is 0.275. The highest BCUT2D eigenvalue weighted by atomic mass is 35.5. The molecule has 0 radical (unpaired) electrons. The van der Waals surface area contributed by atoms with Crippen LogP contribution in [0.3, 0.4) is 0 Å². The molecule has 1 saturated heterocycles. The van der Waals surface area contributed by atoms with Crippen molar-refractivity contribution < 1.29 is 4.74 Å². The summed E-state index contributed by atoms with van der Waals surface area (Å²) in [4.78, 5) is 4.44. The minimum Gasteiger partial charge on any atom is -0.373 e. The Kier molecular flexibility index (Phi) is 5.22. The van der Waals surface area contributed by atoms with Crippen LogP contribution >= 0.6 is 23.1 Å². The third-order valence-corrected chi connectivity index (χ3v) is 4.67. The predicted octanol–water partition coefficient (Wildman–Crippen LogP) is 2.21. The fourth-order valence-corrected chi connectivity index (χ4v) is 3.49. The van der Waals surface area contributed by atoms with Gasteiger partial charge in [-0.2, -0.15) is 9.64 Å². The smallest absolute Gasteiger partial charge is 0.162 e. The van der Waals surface area contributed by atoms with E-state index in [1.807, 2.05) is 11.9 Å². The third-order valence-electron chi connectivity index (χ3n) is 3.34. The number of halogens is 1. The minimum absolute atomic E-state index is 0.275. The Labute approximate surface area is 128 Å². The number of aromatic nitrogens is 1. The quantitative estimate of drug-likeness (QED) is 0.853. The summed E-state index contributed by atoms with van der Waals surface area (Å²) in [5.74, 6) is 0. The van der Waals surface area contributed by atoms with E-state index < -0.39 is 0 Å². The van der Waals surface area contributed by atoms with Gasteiger partial charge in [-0.25, -0.2) is 0 Å². The van der Waals surface area contributed by atoms with E-state index in [2.05, 4.69) is 29.2 Å². The van der Waals surface area contributed by atoms with E-state index in [4.69, 9.17) is 21.6 Å². The molecule has 110 valence electrons. The lowest BCUT2D eigenvalue weighted by atomic mass is 10.2. The normalized spacial score (nSPS) is 23.6. The number of anilines is 1. The van der Waals surface area contributed by atoms with E-state index in [9.17, 15) is 0 Å². The Bertz CT molecular complexity index is 491. The van der Waals surface area contributed by atoms with Crippen molar-refractivity contribution in [1.82, 2.24) is 9.27 Å². The number of hydrogen-bond donors (Lipinski definition) is 0. The first-order chi connectivity index (χ1) is 9.51. The number of rotatable bonds is 4. The van der Waals surface area contributed by atoms with Gasteiger partial charge >= 0.3 is 0 Å². The van der Waals surface area contributed by atoms with Crippen LogP contribution in [0.4, 0.5) is 5.00 Å². The van der Waals surface area contributed by atoms with Crippen molar-refractivity contribution in [3.05, 3.63) is 10.7 Å². The van der Waals surface area contributed by atoms with Gasteiger partial charge in [-0.3, -0.25) is 4.90 Å². The lowest BCUT2D eigenvalue weighted by Gasteiger charge is -2.36. The maximum absolute atomic E-state index is 9.10. The summed E-state index contributed by atoms with van der Waals surface area (Å²) in [6, 6.07) is 2.12. The van der Waals surface area contributed by atoms with E-state index in [1.54, 1.807) is 0 Å². The molecule has 0 N–H and O–H groups in total. The Morgan fingerprint density at radius 3 is 2.75 bits per heavy atom. The Morgan fingerprint density at radius 1 is 1.50 bits per heavy atom. The topological polar surface area (TPSA) is 52.4 Å². The van der Waals surface area contributed by atoms with Gasteiger partial charge in [0.25, 0.3) is 0 Å². The van der Waals surface area contributed by atoms with Gasteiger partial charge in [-0.1, -0.05) is 11.6 Å². The number of hydrogen-bond acceptors (Lipinski definition) is 6. The maximum atomic E-state index is 9.10. The molecule has 0 bridgehead atoms. The molecule has 2 atom stereocenters. The van der Waals surface area contributed by atoms with Crippen molar-refractivity contribution in [2.24, 2.45) is 0 Å². The van der Waals surface area contributed by atoms with Crippen molar-refractivity contribution in [2.45, 2.75) is 26.1 Å². The van der Waals surface area contributed by atoms with Gasteiger partial charge in [0.2, 0.25) is 0 Å². The van der Waals surface area contributed by atoms with Gasteiger partial charge in [0.1, 0.15) is 16.6 Å². The lowest BCUT2D eigenvalue weighted by molar-refractivity contribution is -0.0670. The van der Waals surface area contributed by atoms with E-state index in [-0.39, 0.29) is 12.2 Å². The molecule has 0 amide bonds. The first-order valence-electron chi connectivity index (χ1n) is 6.65. The predicted molar refractivity (Wildman–Crippen MR) is 81.6 cm³/mol. The second-order valence-electron chi connectivity index (χ2n) is 5.20. The number of nitriles is 1. The molecule has 0 saturated carbocycles. The van der Waals surface area contributed by atoms with Crippen LogP contribution in [-0.2, 0) is 4.74 Å². The monoisotopic (exact) mass is 314 g/mol. The van der Waals surface area contributed by atoms with Crippen LogP contribution in [0, 0.1) is 11.3 Å². The summed E-state index contributed by atoms with van der Waals surface area (Å²) in [6.07, 6.45) is 0.549. The van der Waals surface area contributed by atoms with E-state index in [1.165, 1.54) is 11.5 Å². The standard InChI is InChI=1S/C13H19ClN4OS/c1-9-7-18(8-10(2)19-9)5-4-17(3)13-11(6-15)12(14)16-20-13/h9-10H,4-5,7-8H2,1-3H3/t9-,10+. The molecule has 2 heterocycles. The zero-order valence-electron chi connectivity index (χ0n) is 12.0. The maximum Gasteiger partial charge on any atom is 0.162 e. The fraction of sp³-hybridized carbons (Fsp3) is 0.692. The molecule has 0 aromatic carbocycles. The Balaban J connectivity index is 1.92. The van der Waals surface area contributed by atoms with Crippen LogP contribution < -0.4 is 4.90 Å². The first kappa shape index (κ1) is 15.5. The highest BCUT2D eigenvalue weighted by molar-refractivity contribution is 7.10. The number of likely N-dealkylation sites (N-methyl/N-ethyl adjacent to an activating group) is 1. The summed E-state index contributed by atoms with van der Waals surface area (Å²) >= 11 is 7.17. The lowest BCUT2D eigenvalue weighted by Crippen LogP contribution is -2.47. The molecule has 0 unspecified atom stereocenters. The molecule has 1 fully saturated rings. The zero-order chi connectivity index (χ0) is 14.7. The molecule has 5 nitrogen and oxygen atoms in total. The number of ether oxygens (including phenoxy) is 1. The molecule has 0 aliphatic carbocycles. The SMILES string of the molecule is C[C@@H]1CN(CCN(C)c2snc(Cl)c2C#N)C[C@H](C)O1. The largest absolute Gasteiger partial charge is 0.373 e. The molecule has 20 heavy (non-hydrogen) atoms. The van der Waals surface area contributed by atoms with Crippen LogP contribution in [0.1, 0.15) is 19.4 Å². The second-order valence-corrected chi connectivity index (χ2v) is 6.31. The summed E-state index contributed by atoms with van der Waals surface area (Å²) in [5, 5.41) is 10.2. The van der Waals surface area contributed by atoms with E-state index in [0.29, 0.717) is 10.7 Å². The van der Waals surface area contributed by atoms with Crippen LogP contribution in [0.5, 0.6) is 0 Å².